The zero-order valence-electron chi connectivity index (χ0n) is 10.3. The monoisotopic (exact) mass is 255 g/mol. The number of hydrogen-bond donors (Lipinski definition) is 1. The van der Waals surface area contributed by atoms with Gasteiger partial charge in [0.1, 0.15) is 11.5 Å². The fraction of sp³-hybridized carbons (Fsp3) is 0.538. The van der Waals surface area contributed by atoms with Crippen LogP contribution in [0.4, 0.5) is 0 Å². The fourth-order valence-corrected chi connectivity index (χ4v) is 2.69. The molecule has 0 bridgehead atoms. The van der Waals surface area contributed by atoms with Crippen LogP contribution in [-0.4, -0.2) is 20.8 Å². The molecule has 1 aromatic rings. The number of halogens is 1. The predicted molar refractivity (Wildman–Crippen MR) is 69.1 cm³/mol. The van der Waals surface area contributed by atoms with E-state index in [9.17, 15) is 0 Å². The zero-order chi connectivity index (χ0) is 12.5. The largest absolute Gasteiger partial charge is 0.496 e. The molecule has 0 aromatic heterocycles. The molecule has 3 nitrogen and oxygen atoms in total. The maximum atomic E-state index is 6.10. The Balaban J connectivity index is 2.50. The minimum absolute atomic E-state index is 0.0449. The molecule has 0 radical (unpaired) electrons. The maximum absolute atomic E-state index is 6.10. The second-order valence-corrected chi connectivity index (χ2v) is 4.93. The van der Waals surface area contributed by atoms with E-state index in [1.165, 1.54) is 6.42 Å². The molecule has 1 aliphatic rings. The van der Waals surface area contributed by atoms with Crippen LogP contribution >= 0.6 is 11.6 Å². The summed E-state index contributed by atoms with van der Waals surface area (Å²) < 4.78 is 10.7. The molecule has 0 unspecified atom stereocenters. The first kappa shape index (κ1) is 12.5. The Morgan fingerprint density at radius 1 is 1.24 bits per heavy atom. The number of nitrogens with two attached hydrogens (primary N) is 1. The van der Waals surface area contributed by atoms with E-state index < -0.39 is 0 Å². The first-order valence-electron chi connectivity index (χ1n) is 5.79. The number of ether oxygens (including phenoxy) is 2. The molecule has 0 amide bonds. The van der Waals surface area contributed by atoms with E-state index in [0.717, 1.165) is 24.2 Å². The average molecular weight is 256 g/mol. The number of rotatable bonds is 4. The van der Waals surface area contributed by atoms with Crippen molar-refractivity contribution in [1.82, 2.24) is 0 Å². The van der Waals surface area contributed by atoms with Gasteiger partial charge in [0.25, 0.3) is 0 Å². The second-order valence-electron chi connectivity index (χ2n) is 4.53. The van der Waals surface area contributed by atoms with Crippen LogP contribution in [0.3, 0.4) is 0 Å². The highest BCUT2D eigenvalue weighted by molar-refractivity contribution is 6.32. The molecule has 2 rings (SSSR count). The molecular weight excluding hydrogens is 238 g/mol. The second kappa shape index (κ2) is 4.75. The van der Waals surface area contributed by atoms with Gasteiger partial charge in [0.05, 0.1) is 19.2 Å². The molecule has 2 N–H and O–H groups in total. The van der Waals surface area contributed by atoms with Crippen molar-refractivity contribution in [3.63, 3.8) is 0 Å². The third-order valence-electron chi connectivity index (χ3n) is 3.75. The Hall–Kier alpha value is -0.930. The van der Waals surface area contributed by atoms with E-state index in [1.807, 2.05) is 12.1 Å². The molecule has 1 aliphatic carbocycles. The van der Waals surface area contributed by atoms with Crippen molar-refractivity contribution in [2.24, 2.45) is 5.73 Å². The molecule has 4 heteroatoms. The number of benzene rings is 1. The SMILES string of the molecule is COc1cc(C2(CN)CCC2)c(OC)cc1Cl. The lowest BCUT2D eigenvalue weighted by molar-refractivity contribution is 0.242. The van der Waals surface area contributed by atoms with Gasteiger partial charge in [0.2, 0.25) is 0 Å². The predicted octanol–water partition coefficient (Wildman–Crippen LogP) is 2.74. The zero-order valence-corrected chi connectivity index (χ0v) is 11.0. The maximum Gasteiger partial charge on any atom is 0.138 e. The van der Waals surface area contributed by atoms with E-state index in [0.29, 0.717) is 17.3 Å². The fourth-order valence-electron chi connectivity index (χ4n) is 2.46. The van der Waals surface area contributed by atoms with Crippen LogP contribution in [0.5, 0.6) is 11.5 Å². The van der Waals surface area contributed by atoms with Gasteiger partial charge >= 0.3 is 0 Å². The minimum Gasteiger partial charge on any atom is -0.496 e. The van der Waals surface area contributed by atoms with Crippen LogP contribution in [0.15, 0.2) is 12.1 Å². The third-order valence-corrected chi connectivity index (χ3v) is 4.04. The highest BCUT2D eigenvalue weighted by Gasteiger charge is 2.40. The lowest BCUT2D eigenvalue weighted by atomic mass is 9.64. The van der Waals surface area contributed by atoms with Crippen LogP contribution in [0, 0.1) is 0 Å². The third kappa shape index (κ3) is 1.98. The molecule has 0 spiro atoms. The molecular formula is C13H18ClNO2. The Bertz CT molecular complexity index is 411. The van der Waals surface area contributed by atoms with E-state index >= 15 is 0 Å². The molecule has 0 atom stereocenters. The molecule has 94 valence electrons. The summed E-state index contributed by atoms with van der Waals surface area (Å²) in [4.78, 5) is 0. The molecule has 17 heavy (non-hydrogen) atoms. The first-order valence-corrected chi connectivity index (χ1v) is 6.17. The molecule has 0 heterocycles. The molecule has 1 aromatic carbocycles. The Labute approximate surface area is 107 Å². The van der Waals surface area contributed by atoms with Crippen molar-refractivity contribution in [2.75, 3.05) is 20.8 Å². The summed E-state index contributed by atoms with van der Waals surface area (Å²) in [6.45, 7) is 0.633. The highest BCUT2D eigenvalue weighted by atomic mass is 35.5. The summed E-state index contributed by atoms with van der Waals surface area (Å²) in [5.41, 5.74) is 7.09. The first-order chi connectivity index (χ1) is 8.16. The van der Waals surface area contributed by atoms with Crippen molar-refractivity contribution < 1.29 is 9.47 Å². The van der Waals surface area contributed by atoms with Crippen LogP contribution in [-0.2, 0) is 5.41 Å². The van der Waals surface area contributed by atoms with Crippen molar-refractivity contribution in [3.05, 3.63) is 22.7 Å². The van der Waals surface area contributed by atoms with Crippen LogP contribution in [0.25, 0.3) is 0 Å². The van der Waals surface area contributed by atoms with Gasteiger partial charge < -0.3 is 15.2 Å². The number of methoxy groups -OCH3 is 2. The Morgan fingerprint density at radius 3 is 2.29 bits per heavy atom. The summed E-state index contributed by atoms with van der Waals surface area (Å²) in [7, 11) is 3.28. The highest BCUT2D eigenvalue weighted by Crippen LogP contribution is 2.48. The normalized spacial score (nSPS) is 17.4. The summed E-state index contributed by atoms with van der Waals surface area (Å²) in [5.74, 6) is 1.49. The Kier molecular flexibility index (Phi) is 3.50. The van der Waals surface area contributed by atoms with Crippen LogP contribution in [0.2, 0.25) is 5.02 Å². The van der Waals surface area contributed by atoms with Crippen molar-refractivity contribution in [3.8, 4) is 11.5 Å². The van der Waals surface area contributed by atoms with E-state index in [4.69, 9.17) is 26.8 Å². The minimum atomic E-state index is 0.0449. The summed E-state index contributed by atoms with van der Waals surface area (Å²) in [6.07, 6.45) is 3.42. The number of hydrogen-bond acceptors (Lipinski definition) is 3. The van der Waals surface area contributed by atoms with Gasteiger partial charge in [-0.2, -0.15) is 0 Å². The topological polar surface area (TPSA) is 44.5 Å². The molecule has 1 saturated carbocycles. The van der Waals surface area contributed by atoms with Gasteiger partial charge in [-0.25, -0.2) is 0 Å². The lowest BCUT2D eigenvalue weighted by Crippen LogP contribution is -2.41. The summed E-state index contributed by atoms with van der Waals surface area (Å²) in [6, 6.07) is 3.78. The molecule has 1 fully saturated rings. The van der Waals surface area contributed by atoms with Gasteiger partial charge in [-0.05, 0) is 18.9 Å². The molecule has 0 aliphatic heterocycles. The summed E-state index contributed by atoms with van der Waals surface area (Å²) >= 11 is 6.10. The summed E-state index contributed by atoms with van der Waals surface area (Å²) in [5, 5.41) is 0.569. The Morgan fingerprint density at radius 2 is 1.88 bits per heavy atom. The van der Waals surface area contributed by atoms with Gasteiger partial charge in [-0.1, -0.05) is 18.0 Å². The standard InChI is InChI=1S/C13H18ClNO2/c1-16-11-7-10(14)12(17-2)6-9(11)13(8-15)4-3-5-13/h6-7H,3-5,8,15H2,1-2H3. The van der Waals surface area contributed by atoms with E-state index in [-0.39, 0.29) is 5.41 Å². The molecule has 0 saturated heterocycles. The van der Waals surface area contributed by atoms with Gasteiger partial charge in [-0.3, -0.25) is 0 Å². The smallest absolute Gasteiger partial charge is 0.138 e. The van der Waals surface area contributed by atoms with Gasteiger partial charge in [0.15, 0.2) is 0 Å². The lowest BCUT2D eigenvalue weighted by Gasteiger charge is -2.42. The van der Waals surface area contributed by atoms with Crippen molar-refractivity contribution >= 4 is 11.6 Å². The van der Waals surface area contributed by atoms with Crippen molar-refractivity contribution in [1.29, 1.82) is 0 Å². The van der Waals surface area contributed by atoms with E-state index in [1.54, 1.807) is 14.2 Å². The average Bonchev–Trinajstić information content (AvgIpc) is 2.29. The van der Waals surface area contributed by atoms with Crippen molar-refractivity contribution in [2.45, 2.75) is 24.7 Å². The van der Waals surface area contributed by atoms with Crippen LogP contribution in [0.1, 0.15) is 24.8 Å². The van der Waals surface area contributed by atoms with Crippen LogP contribution < -0.4 is 15.2 Å². The quantitative estimate of drug-likeness (QED) is 0.900. The van der Waals surface area contributed by atoms with Gasteiger partial charge in [0, 0.05) is 23.6 Å². The van der Waals surface area contributed by atoms with Gasteiger partial charge in [-0.15, -0.1) is 0 Å². The van der Waals surface area contributed by atoms with E-state index in [2.05, 4.69) is 0 Å².